The first kappa shape index (κ1) is 12.4. The summed E-state index contributed by atoms with van der Waals surface area (Å²) in [4.78, 5) is 10.7. The van der Waals surface area contributed by atoms with Gasteiger partial charge in [-0.15, -0.1) is 0 Å². The number of carboxylic acid groups (broad SMARTS) is 1. The van der Waals surface area contributed by atoms with E-state index in [1.54, 1.807) is 0 Å². The molecule has 0 amide bonds. The molecule has 0 aliphatic heterocycles. The molecule has 0 spiro atoms. The van der Waals surface area contributed by atoms with E-state index in [1.807, 2.05) is 0 Å². The molecule has 0 heterocycles. The Balaban J connectivity index is 2.93. The zero-order valence-electron chi connectivity index (χ0n) is 8.28. The summed E-state index contributed by atoms with van der Waals surface area (Å²) in [5.74, 6) is -1.62. The van der Waals surface area contributed by atoms with Gasteiger partial charge in [0.05, 0.1) is 0 Å². The van der Waals surface area contributed by atoms with Gasteiger partial charge in [-0.2, -0.15) is 13.2 Å². The summed E-state index contributed by atoms with van der Waals surface area (Å²) in [6.07, 6.45) is -6.57. The second kappa shape index (κ2) is 4.42. The number of rotatable bonds is 3. The van der Waals surface area contributed by atoms with E-state index in [2.05, 4.69) is 4.74 Å². The minimum absolute atomic E-state index is 0.292. The molecular weight excluding hydrogens is 225 g/mol. The number of alkyl halides is 3. The Morgan fingerprint density at radius 3 is 2.44 bits per heavy atom. The SMILES string of the molecule is C[C@@H](Oc1ccccc1C(=O)O)C(F)(F)F. The first-order valence-corrected chi connectivity index (χ1v) is 4.38. The number of carboxylic acids is 1. The first-order chi connectivity index (χ1) is 7.32. The standard InChI is InChI=1S/C10H9F3O3/c1-6(10(11,12)13)16-8-5-3-2-4-7(8)9(14)15/h2-6H,1H3,(H,14,15)/t6-/m1/s1. The molecule has 16 heavy (non-hydrogen) atoms. The maximum absolute atomic E-state index is 12.2. The third-order valence-corrected chi connectivity index (χ3v) is 1.88. The summed E-state index contributed by atoms with van der Waals surface area (Å²) in [6.45, 7) is 0.818. The van der Waals surface area contributed by atoms with Crippen LogP contribution >= 0.6 is 0 Å². The van der Waals surface area contributed by atoms with E-state index in [9.17, 15) is 18.0 Å². The highest BCUT2D eigenvalue weighted by atomic mass is 19.4. The Morgan fingerprint density at radius 1 is 1.38 bits per heavy atom. The molecule has 0 aliphatic rings. The third kappa shape index (κ3) is 2.88. The average Bonchev–Trinajstić information content (AvgIpc) is 2.16. The van der Waals surface area contributed by atoms with Crippen molar-refractivity contribution in [3.8, 4) is 5.75 Å². The molecule has 0 bridgehead atoms. The van der Waals surface area contributed by atoms with Crippen LogP contribution in [0.1, 0.15) is 17.3 Å². The van der Waals surface area contributed by atoms with Gasteiger partial charge in [0.2, 0.25) is 0 Å². The molecule has 3 nitrogen and oxygen atoms in total. The monoisotopic (exact) mass is 234 g/mol. The number of hydrogen-bond donors (Lipinski definition) is 1. The van der Waals surface area contributed by atoms with Gasteiger partial charge in [-0.3, -0.25) is 0 Å². The van der Waals surface area contributed by atoms with Crippen molar-refractivity contribution in [2.45, 2.75) is 19.2 Å². The number of benzene rings is 1. The maximum Gasteiger partial charge on any atom is 0.425 e. The fourth-order valence-electron chi connectivity index (χ4n) is 1.00. The summed E-state index contributed by atoms with van der Waals surface area (Å²) in [5.41, 5.74) is -0.293. The van der Waals surface area contributed by atoms with Gasteiger partial charge < -0.3 is 9.84 Å². The minimum atomic E-state index is -4.52. The Bertz CT molecular complexity index is 387. The van der Waals surface area contributed by atoms with Crippen molar-refractivity contribution in [1.82, 2.24) is 0 Å². The van der Waals surface area contributed by atoms with Gasteiger partial charge in [0.15, 0.2) is 6.10 Å². The van der Waals surface area contributed by atoms with E-state index in [1.165, 1.54) is 24.3 Å². The van der Waals surface area contributed by atoms with Crippen LogP contribution in [0.4, 0.5) is 13.2 Å². The molecule has 1 aromatic rings. The molecule has 1 atom stereocenters. The largest absolute Gasteiger partial charge is 0.480 e. The van der Waals surface area contributed by atoms with Crippen LogP contribution in [0.25, 0.3) is 0 Å². The molecule has 88 valence electrons. The summed E-state index contributed by atoms with van der Waals surface area (Å²) in [6, 6.07) is 5.19. The lowest BCUT2D eigenvalue weighted by Crippen LogP contribution is -2.31. The van der Waals surface area contributed by atoms with Gasteiger partial charge in [-0.25, -0.2) is 4.79 Å². The van der Waals surface area contributed by atoms with Gasteiger partial charge in [0.1, 0.15) is 11.3 Å². The molecule has 0 radical (unpaired) electrons. The molecule has 6 heteroatoms. The van der Waals surface area contributed by atoms with Crippen molar-refractivity contribution in [2.75, 3.05) is 0 Å². The van der Waals surface area contributed by atoms with Crippen molar-refractivity contribution < 1.29 is 27.8 Å². The Labute approximate surface area is 89.5 Å². The smallest absolute Gasteiger partial charge is 0.425 e. The predicted octanol–water partition coefficient (Wildman–Crippen LogP) is 2.71. The molecule has 1 rings (SSSR count). The third-order valence-electron chi connectivity index (χ3n) is 1.88. The van der Waals surface area contributed by atoms with E-state index in [4.69, 9.17) is 5.11 Å². The highest BCUT2D eigenvalue weighted by Gasteiger charge is 2.38. The lowest BCUT2D eigenvalue weighted by molar-refractivity contribution is -0.189. The average molecular weight is 234 g/mol. The van der Waals surface area contributed by atoms with Gasteiger partial charge in [0.25, 0.3) is 0 Å². The number of carbonyl (C=O) groups is 1. The van der Waals surface area contributed by atoms with E-state index in [0.29, 0.717) is 0 Å². The molecule has 1 N–H and O–H groups in total. The van der Waals surface area contributed by atoms with Crippen molar-refractivity contribution in [3.05, 3.63) is 29.8 Å². The van der Waals surface area contributed by atoms with Crippen LogP contribution < -0.4 is 4.74 Å². The fraction of sp³-hybridized carbons (Fsp3) is 0.300. The topological polar surface area (TPSA) is 46.5 Å². The van der Waals surface area contributed by atoms with Crippen LogP contribution in [0.5, 0.6) is 5.75 Å². The van der Waals surface area contributed by atoms with Crippen molar-refractivity contribution >= 4 is 5.97 Å². The molecule has 0 aliphatic carbocycles. The van der Waals surface area contributed by atoms with Crippen molar-refractivity contribution in [1.29, 1.82) is 0 Å². The molecule has 0 aromatic heterocycles. The van der Waals surface area contributed by atoms with Gasteiger partial charge in [0, 0.05) is 0 Å². The van der Waals surface area contributed by atoms with Gasteiger partial charge in [-0.1, -0.05) is 12.1 Å². The van der Waals surface area contributed by atoms with E-state index >= 15 is 0 Å². The molecule has 1 aromatic carbocycles. The van der Waals surface area contributed by atoms with Crippen molar-refractivity contribution in [2.24, 2.45) is 0 Å². The lowest BCUT2D eigenvalue weighted by atomic mass is 10.2. The lowest BCUT2D eigenvalue weighted by Gasteiger charge is -2.18. The summed E-state index contributed by atoms with van der Waals surface area (Å²) >= 11 is 0. The van der Waals surface area contributed by atoms with E-state index in [-0.39, 0.29) is 11.3 Å². The normalized spacial score (nSPS) is 13.2. The van der Waals surface area contributed by atoms with Crippen LogP contribution in [0.15, 0.2) is 24.3 Å². The summed E-state index contributed by atoms with van der Waals surface area (Å²) in [7, 11) is 0. The second-order valence-electron chi connectivity index (χ2n) is 3.10. The zero-order chi connectivity index (χ0) is 12.3. The Hall–Kier alpha value is -1.72. The molecular formula is C10H9F3O3. The predicted molar refractivity (Wildman–Crippen MR) is 49.5 cm³/mol. The number of halogens is 3. The molecule has 0 saturated carbocycles. The van der Waals surface area contributed by atoms with Gasteiger partial charge in [-0.05, 0) is 19.1 Å². The minimum Gasteiger partial charge on any atom is -0.480 e. The van der Waals surface area contributed by atoms with Crippen LogP contribution in [0.2, 0.25) is 0 Å². The number of aromatic carboxylic acids is 1. The Morgan fingerprint density at radius 2 is 1.94 bits per heavy atom. The zero-order valence-corrected chi connectivity index (χ0v) is 8.28. The highest BCUT2D eigenvalue weighted by Crippen LogP contribution is 2.26. The number of para-hydroxylation sites is 1. The van der Waals surface area contributed by atoms with Crippen LogP contribution in [0, 0.1) is 0 Å². The number of ether oxygens (including phenoxy) is 1. The quantitative estimate of drug-likeness (QED) is 0.874. The molecule has 0 fully saturated rings. The van der Waals surface area contributed by atoms with Gasteiger partial charge >= 0.3 is 12.1 Å². The van der Waals surface area contributed by atoms with E-state index in [0.717, 1.165) is 6.92 Å². The Kier molecular flexibility index (Phi) is 3.41. The van der Waals surface area contributed by atoms with Crippen molar-refractivity contribution in [3.63, 3.8) is 0 Å². The summed E-state index contributed by atoms with van der Waals surface area (Å²) in [5, 5.41) is 8.72. The van der Waals surface area contributed by atoms with E-state index < -0.39 is 18.2 Å². The maximum atomic E-state index is 12.2. The molecule has 0 unspecified atom stereocenters. The number of hydrogen-bond acceptors (Lipinski definition) is 2. The first-order valence-electron chi connectivity index (χ1n) is 4.38. The second-order valence-corrected chi connectivity index (χ2v) is 3.10. The van der Waals surface area contributed by atoms with Crippen LogP contribution in [-0.2, 0) is 0 Å². The summed E-state index contributed by atoms with van der Waals surface area (Å²) < 4.78 is 41.2. The van der Waals surface area contributed by atoms with Crippen LogP contribution in [-0.4, -0.2) is 23.4 Å². The fourth-order valence-corrected chi connectivity index (χ4v) is 1.00. The highest BCUT2D eigenvalue weighted by molar-refractivity contribution is 5.90. The van der Waals surface area contributed by atoms with Crippen LogP contribution in [0.3, 0.4) is 0 Å². The molecule has 0 saturated heterocycles.